The van der Waals surface area contributed by atoms with Crippen molar-refractivity contribution in [3.63, 3.8) is 0 Å². The van der Waals surface area contributed by atoms with Crippen LogP contribution in [0.3, 0.4) is 0 Å². The molecule has 3 rings (SSSR count). The molecule has 0 unspecified atom stereocenters. The normalized spacial score (nSPS) is 10.2. The van der Waals surface area contributed by atoms with E-state index in [9.17, 15) is 4.79 Å². The van der Waals surface area contributed by atoms with Gasteiger partial charge in [-0.1, -0.05) is 0 Å². The molecule has 0 radical (unpaired) electrons. The first kappa shape index (κ1) is 16.3. The number of nitrogen functional groups attached to an aromatic ring is 1. The largest absolute Gasteiger partial charge is 0.497 e. The summed E-state index contributed by atoms with van der Waals surface area (Å²) in [6, 6.07) is 7.07. The third-order valence-electron chi connectivity index (χ3n) is 3.73. The lowest BCUT2D eigenvalue weighted by Gasteiger charge is -2.04. The molecule has 0 saturated heterocycles. The predicted molar refractivity (Wildman–Crippen MR) is 93.2 cm³/mol. The summed E-state index contributed by atoms with van der Waals surface area (Å²) in [6.45, 7) is 0. The number of rotatable bonds is 2. The lowest BCUT2D eigenvalue weighted by Crippen LogP contribution is -2.08. The highest BCUT2D eigenvalue weighted by molar-refractivity contribution is 5.96. The molecule has 0 aliphatic rings. The first-order chi connectivity index (χ1) is 12.0. The van der Waals surface area contributed by atoms with Crippen LogP contribution < -0.4 is 10.5 Å². The van der Waals surface area contributed by atoms with Crippen molar-refractivity contribution in [3.05, 3.63) is 47.4 Å². The van der Waals surface area contributed by atoms with Crippen LogP contribution in [0.4, 0.5) is 5.69 Å². The van der Waals surface area contributed by atoms with Crippen molar-refractivity contribution in [1.82, 2.24) is 14.8 Å². The Balaban J connectivity index is 2.09. The van der Waals surface area contributed by atoms with E-state index in [1.54, 1.807) is 18.8 Å². The number of nitrogens with zero attached hydrogens (tertiary/aromatic N) is 3. The maximum Gasteiger partial charge on any atom is 0.340 e. The number of carbonyl (C=O) groups is 1. The molecule has 0 saturated carbocycles. The minimum absolute atomic E-state index is 0.186. The molecule has 7 heteroatoms. The summed E-state index contributed by atoms with van der Waals surface area (Å²) in [5, 5.41) is 5.27. The Morgan fingerprint density at radius 3 is 2.76 bits per heavy atom. The van der Waals surface area contributed by atoms with Crippen molar-refractivity contribution in [3.8, 4) is 17.6 Å². The lowest BCUT2D eigenvalue weighted by atomic mass is 10.1. The second kappa shape index (κ2) is 6.53. The molecule has 2 aromatic heterocycles. The third kappa shape index (κ3) is 2.97. The number of anilines is 1. The van der Waals surface area contributed by atoms with Crippen LogP contribution in [-0.2, 0) is 11.8 Å². The number of carbonyl (C=O) groups excluding carboxylic acids is 1. The number of esters is 1. The zero-order valence-electron chi connectivity index (χ0n) is 14.0. The number of fused-ring (bicyclic) bond motifs is 1. The van der Waals surface area contributed by atoms with E-state index in [-0.39, 0.29) is 11.3 Å². The van der Waals surface area contributed by atoms with Crippen molar-refractivity contribution < 1.29 is 14.3 Å². The topological polar surface area (TPSA) is 92.3 Å². The zero-order chi connectivity index (χ0) is 18.0. The number of hydrogen-bond acceptors (Lipinski definition) is 6. The fraction of sp³-hybridized carbons (Fsp3) is 0.167. The molecule has 0 aliphatic carbocycles. The Bertz CT molecular complexity index is 1030. The molecule has 3 aromatic rings. The summed E-state index contributed by atoms with van der Waals surface area (Å²) in [4.78, 5) is 15.9. The van der Waals surface area contributed by atoms with Crippen LogP contribution in [0.2, 0.25) is 0 Å². The molecule has 1 aromatic carbocycles. The molecule has 126 valence electrons. The second-order valence-corrected chi connectivity index (χ2v) is 5.22. The van der Waals surface area contributed by atoms with Crippen LogP contribution in [0.15, 0.2) is 30.5 Å². The minimum atomic E-state index is -0.529. The molecule has 0 atom stereocenters. The quantitative estimate of drug-likeness (QED) is 0.566. The maximum absolute atomic E-state index is 11.7. The van der Waals surface area contributed by atoms with E-state index in [1.807, 2.05) is 18.2 Å². The van der Waals surface area contributed by atoms with Crippen LogP contribution in [-0.4, -0.2) is 35.0 Å². The van der Waals surface area contributed by atoms with Crippen LogP contribution in [0, 0.1) is 11.8 Å². The van der Waals surface area contributed by atoms with Crippen molar-refractivity contribution in [2.24, 2.45) is 7.05 Å². The Morgan fingerprint density at radius 1 is 1.24 bits per heavy atom. The number of aromatic nitrogens is 3. The molecule has 0 bridgehead atoms. The molecule has 2 N–H and O–H groups in total. The average molecular weight is 336 g/mol. The highest BCUT2D eigenvalue weighted by atomic mass is 16.5. The molecule has 0 fully saturated rings. The summed E-state index contributed by atoms with van der Waals surface area (Å²) >= 11 is 0. The molecule has 7 nitrogen and oxygen atoms in total. The van der Waals surface area contributed by atoms with Crippen molar-refractivity contribution in [1.29, 1.82) is 0 Å². The van der Waals surface area contributed by atoms with Gasteiger partial charge in [0.1, 0.15) is 17.1 Å². The summed E-state index contributed by atoms with van der Waals surface area (Å²) in [7, 11) is 4.70. The number of benzene rings is 1. The average Bonchev–Trinajstić information content (AvgIpc) is 2.94. The third-order valence-corrected chi connectivity index (χ3v) is 3.73. The van der Waals surface area contributed by atoms with Gasteiger partial charge < -0.3 is 15.2 Å². The van der Waals surface area contributed by atoms with E-state index in [0.29, 0.717) is 17.1 Å². The minimum Gasteiger partial charge on any atom is -0.497 e. The van der Waals surface area contributed by atoms with Crippen LogP contribution in [0.1, 0.15) is 21.7 Å². The zero-order valence-corrected chi connectivity index (χ0v) is 14.0. The molecule has 0 spiro atoms. The lowest BCUT2D eigenvalue weighted by molar-refractivity contribution is 0.0602. The van der Waals surface area contributed by atoms with E-state index >= 15 is 0 Å². The number of pyridine rings is 1. The highest BCUT2D eigenvalue weighted by Gasteiger charge is 2.13. The number of aryl methyl sites for hydroxylation is 1. The molecular formula is C18H16N4O3. The van der Waals surface area contributed by atoms with E-state index in [4.69, 9.17) is 15.2 Å². The number of hydrogen-bond donors (Lipinski definition) is 1. The molecule has 0 amide bonds. The van der Waals surface area contributed by atoms with Crippen molar-refractivity contribution in [2.45, 2.75) is 0 Å². The van der Waals surface area contributed by atoms with Gasteiger partial charge in [-0.2, -0.15) is 5.10 Å². The Kier molecular flexibility index (Phi) is 4.27. The highest BCUT2D eigenvalue weighted by Crippen LogP contribution is 2.23. The van der Waals surface area contributed by atoms with Gasteiger partial charge in [-0.3, -0.25) is 4.68 Å². The molecular weight excluding hydrogens is 320 g/mol. The first-order valence-electron chi connectivity index (χ1n) is 7.40. The Hall–Kier alpha value is -3.53. The standard InChI is InChI=1S/C18H16N4O3/c1-22-16(13-10-11(24-2)4-5-14(13)21-22)7-6-15-17(19)12(8-9-20-15)18(23)25-3/h4-5,8-10H,19H2,1-3H3. The molecule has 0 aliphatic heterocycles. The summed E-state index contributed by atoms with van der Waals surface area (Å²) in [5.74, 6) is 6.13. The van der Waals surface area contributed by atoms with E-state index in [0.717, 1.165) is 10.9 Å². The van der Waals surface area contributed by atoms with Crippen LogP contribution >= 0.6 is 0 Å². The summed E-state index contributed by atoms with van der Waals surface area (Å²) < 4.78 is 11.6. The van der Waals surface area contributed by atoms with E-state index < -0.39 is 5.97 Å². The summed E-state index contributed by atoms with van der Waals surface area (Å²) in [5.41, 5.74) is 8.21. The van der Waals surface area contributed by atoms with Gasteiger partial charge in [0.05, 0.1) is 31.0 Å². The predicted octanol–water partition coefficient (Wildman–Crippen LogP) is 1.75. The second-order valence-electron chi connectivity index (χ2n) is 5.22. The Labute approximate surface area is 144 Å². The fourth-order valence-electron chi connectivity index (χ4n) is 2.43. The SMILES string of the molecule is COC(=O)c1ccnc(C#Cc2c3cc(OC)ccc3nn2C)c1N. The fourth-order valence-corrected chi connectivity index (χ4v) is 2.43. The Morgan fingerprint density at radius 2 is 2.04 bits per heavy atom. The van der Waals surface area contributed by atoms with Crippen LogP contribution in [0.5, 0.6) is 5.75 Å². The van der Waals surface area contributed by atoms with Gasteiger partial charge >= 0.3 is 5.97 Å². The van der Waals surface area contributed by atoms with Gasteiger partial charge in [0.2, 0.25) is 0 Å². The van der Waals surface area contributed by atoms with Gasteiger partial charge in [0.15, 0.2) is 0 Å². The van der Waals surface area contributed by atoms with Gasteiger partial charge in [-0.05, 0) is 36.1 Å². The van der Waals surface area contributed by atoms with E-state index in [2.05, 4.69) is 21.9 Å². The van der Waals surface area contributed by atoms with Crippen LogP contribution in [0.25, 0.3) is 10.9 Å². The molecule has 25 heavy (non-hydrogen) atoms. The van der Waals surface area contributed by atoms with Crippen molar-refractivity contribution in [2.75, 3.05) is 20.0 Å². The number of methoxy groups -OCH3 is 2. The smallest absolute Gasteiger partial charge is 0.340 e. The number of ether oxygens (including phenoxy) is 2. The van der Waals surface area contributed by atoms with E-state index in [1.165, 1.54) is 19.4 Å². The first-order valence-corrected chi connectivity index (χ1v) is 7.40. The van der Waals surface area contributed by atoms with Gasteiger partial charge in [0.25, 0.3) is 0 Å². The van der Waals surface area contributed by atoms with Gasteiger partial charge in [-0.15, -0.1) is 0 Å². The number of nitrogens with two attached hydrogens (primary N) is 1. The van der Waals surface area contributed by atoms with Gasteiger partial charge in [0, 0.05) is 18.6 Å². The monoisotopic (exact) mass is 336 g/mol. The molecule has 2 heterocycles. The summed E-state index contributed by atoms with van der Waals surface area (Å²) in [6.07, 6.45) is 1.47. The van der Waals surface area contributed by atoms with Crippen molar-refractivity contribution >= 4 is 22.6 Å². The van der Waals surface area contributed by atoms with Gasteiger partial charge in [-0.25, -0.2) is 9.78 Å². The maximum atomic E-state index is 11.7.